The maximum atomic E-state index is 4.81. The van der Waals surface area contributed by atoms with E-state index in [1.54, 1.807) is 11.3 Å². The van der Waals surface area contributed by atoms with Crippen LogP contribution in [0, 0.1) is 19.8 Å². The predicted octanol–water partition coefficient (Wildman–Crippen LogP) is 4.62. The van der Waals surface area contributed by atoms with Crippen LogP contribution in [0.3, 0.4) is 0 Å². The van der Waals surface area contributed by atoms with E-state index in [0.29, 0.717) is 0 Å². The Labute approximate surface area is 116 Å². The zero-order valence-electron chi connectivity index (χ0n) is 10.9. The van der Waals surface area contributed by atoms with Crippen LogP contribution in [0.1, 0.15) is 41.4 Å². The second-order valence-corrected chi connectivity index (χ2v) is 7.27. The lowest BCUT2D eigenvalue weighted by atomic mass is 10.1. The number of aromatic nitrogens is 2. The normalized spacial score (nSPS) is 16.6. The highest BCUT2D eigenvalue weighted by Gasteiger charge is 2.18. The molecule has 0 radical (unpaired) electrons. The maximum Gasteiger partial charge on any atom is 0.0935 e. The Morgan fingerprint density at radius 1 is 1.22 bits per heavy atom. The van der Waals surface area contributed by atoms with Crippen LogP contribution in [0.4, 0.5) is 0 Å². The molecule has 1 fully saturated rings. The first-order valence-electron chi connectivity index (χ1n) is 6.61. The number of nitrogens with zero attached hydrogens (tertiary/aromatic N) is 2. The van der Waals surface area contributed by atoms with Crippen LogP contribution in [0.2, 0.25) is 0 Å². The van der Waals surface area contributed by atoms with Gasteiger partial charge in [0.05, 0.1) is 26.3 Å². The lowest BCUT2D eigenvalue weighted by molar-refractivity contribution is 0.545. The summed E-state index contributed by atoms with van der Waals surface area (Å²) in [6, 6.07) is 0. The maximum absolute atomic E-state index is 4.81. The minimum atomic E-state index is 0.883. The van der Waals surface area contributed by atoms with E-state index in [1.165, 1.54) is 42.0 Å². The van der Waals surface area contributed by atoms with E-state index in [0.717, 1.165) is 22.3 Å². The van der Waals surface area contributed by atoms with Crippen molar-refractivity contribution in [1.29, 1.82) is 0 Å². The fourth-order valence-corrected chi connectivity index (χ4v) is 4.60. The number of hydrogen-bond donors (Lipinski definition) is 0. The molecule has 1 aliphatic carbocycles. The van der Waals surface area contributed by atoms with Crippen molar-refractivity contribution in [3.63, 3.8) is 0 Å². The molecule has 0 atom stereocenters. The Bertz CT molecular complexity index is 536. The van der Waals surface area contributed by atoms with Gasteiger partial charge in [-0.05, 0) is 19.8 Å². The Morgan fingerprint density at radius 2 is 2.00 bits per heavy atom. The minimum Gasteiger partial charge on any atom is -0.246 e. The van der Waals surface area contributed by atoms with E-state index >= 15 is 0 Å². The first kappa shape index (κ1) is 12.3. The van der Waals surface area contributed by atoms with E-state index in [1.807, 2.05) is 11.3 Å². The van der Waals surface area contributed by atoms with E-state index in [9.17, 15) is 0 Å². The van der Waals surface area contributed by atoms with Gasteiger partial charge in [0.15, 0.2) is 0 Å². The Kier molecular flexibility index (Phi) is 3.48. The number of aryl methyl sites for hydroxylation is 2. The second kappa shape index (κ2) is 5.10. The molecule has 0 N–H and O–H groups in total. The van der Waals surface area contributed by atoms with Crippen LogP contribution >= 0.6 is 22.7 Å². The molecule has 2 heterocycles. The molecule has 0 bridgehead atoms. The molecule has 1 saturated carbocycles. The van der Waals surface area contributed by atoms with Gasteiger partial charge in [-0.15, -0.1) is 22.7 Å². The van der Waals surface area contributed by atoms with Crippen LogP contribution in [0.5, 0.6) is 0 Å². The molecular formula is C14H18N2S2. The third-order valence-corrected chi connectivity index (χ3v) is 5.59. The molecule has 1 aliphatic rings. The Balaban J connectivity index is 1.78. The summed E-state index contributed by atoms with van der Waals surface area (Å²) in [5.41, 5.74) is 2.26. The van der Waals surface area contributed by atoms with E-state index < -0.39 is 0 Å². The molecule has 3 rings (SSSR count). The minimum absolute atomic E-state index is 0.883. The van der Waals surface area contributed by atoms with Crippen LogP contribution in [0.25, 0.3) is 10.6 Å². The molecule has 2 aromatic rings. The van der Waals surface area contributed by atoms with Gasteiger partial charge in [0.25, 0.3) is 0 Å². The van der Waals surface area contributed by atoms with Crippen LogP contribution in [-0.2, 0) is 6.42 Å². The molecule has 18 heavy (non-hydrogen) atoms. The Hall–Kier alpha value is -0.740. The fraction of sp³-hybridized carbons (Fsp3) is 0.571. The lowest BCUT2D eigenvalue weighted by Crippen LogP contribution is -1.97. The molecule has 0 unspecified atom stereocenters. The van der Waals surface area contributed by atoms with Gasteiger partial charge < -0.3 is 0 Å². The smallest absolute Gasteiger partial charge is 0.0935 e. The summed E-state index contributed by atoms with van der Waals surface area (Å²) < 4.78 is 0. The number of thiazole rings is 2. The highest BCUT2D eigenvalue weighted by molar-refractivity contribution is 7.15. The van der Waals surface area contributed by atoms with Gasteiger partial charge in [0.2, 0.25) is 0 Å². The average Bonchev–Trinajstić information content (AvgIpc) is 3.01. The summed E-state index contributed by atoms with van der Waals surface area (Å²) in [5, 5.41) is 4.64. The molecule has 2 aromatic heterocycles. The van der Waals surface area contributed by atoms with Gasteiger partial charge >= 0.3 is 0 Å². The van der Waals surface area contributed by atoms with Crippen LogP contribution in [0.15, 0.2) is 5.38 Å². The molecule has 0 aromatic carbocycles. The zero-order chi connectivity index (χ0) is 12.5. The molecule has 0 amide bonds. The van der Waals surface area contributed by atoms with Gasteiger partial charge in [-0.2, -0.15) is 0 Å². The molecular weight excluding hydrogens is 260 g/mol. The molecule has 4 heteroatoms. The van der Waals surface area contributed by atoms with Gasteiger partial charge in [0, 0.05) is 11.8 Å². The summed E-state index contributed by atoms with van der Waals surface area (Å²) in [6.45, 7) is 4.14. The monoisotopic (exact) mass is 278 g/mol. The van der Waals surface area contributed by atoms with Crippen LogP contribution in [-0.4, -0.2) is 9.97 Å². The highest BCUT2D eigenvalue weighted by Crippen LogP contribution is 2.33. The molecule has 0 saturated heterocycles. The first-order chi connectivity index (χ1) is 8.72. The first-order valence-corrected chi connectivity index (χ1v) is 8.31. The molecule has 0 spiro atoms. The van der Waals surface area contributed by atoms with E-state index in [-0.39, 0.29) is 0 Å². The van der Waals surface area contributed by atoms with Crippen molar-refractivity contribution in [2.45, 2.75) is 46.0 Å². The van der Waals surface area contributed by atoms with Crippen molar-refractivity contribution in [3.8, 4) is 10.6 Å². The molecule has 0 aliphatic heterocycles. The average molecular weight is 278 g/mol. The van der Waals surface area contributed by atoms with Gasteiger partial charge in [0.1, 0.15) is 0 Å². The largest absolute Gasteiger partial charge is 0.246 e. The van der Waals surface area contributed by atoms with E-state index in [4.69, 9.17) is 4.98 Å². The summed E-state index contributed by atoms with van der Waals surface area (Å²) >= 11 is 3.57. The van der Waals surface area contributed by atoms with Gasteiger partial charge in [-0.3, -0.25) is 0 Å². The lowest BCUT2D eigenvalue weighted by Gasteiger charge is -2.04. The summed E-state index contributed by atoms with van der Waals surface area (Å²) in [7, 11) is 0. The topological polar surface area (TPSA) is 25.8 Å². The van der Waals surface area contributed by atoms with Crippen molar-refractivity contribution >= 4 is 22.7 Å². The predicted molar refractivity (Wildman–Crippen MR) is 78.4 cm³/mol. The number of hydrogen-bond acceptors (Lipinski definition) is 4. The van der Waals surface area contributed by atoms with Crippen molar-refractivity contribution in [2.24, 2.45) is 5.92 Å². The molecule has 96 valence electrons. The molecule has 2 nitrogen and oxygen atoms in total. The van der Waals surface area contributed by atoms with Gasteiger partial charge in [-0.1, -0.05) is 25.7 Å². The zero-order valence-corrected chi connectivity index (χ0v) is 12.5. The summed E-state index contributed by atoms with van der Waals surface area (Å²) in [4.78, 5) is 10.5. The Morgan fingerprint density at radius 3 is 2.67 bits per heavy atom. The standard InChI is InChI=1S/C14H18N2S2/c1-9-14(18-10(2)15-9)12-8-17-13(16-12)7-11-5-3-4-6-11/h8,11H,3-7H2,1-2H3. The highest BCUT2D eigenvalue weighted by atomic mass is 32.1. The third-order valence-electron chi connectivity index (χ3n) is 3.63. The van der Waals surface area contributed by atoms with Crippen molar-refractivity contribution < 1.29 is 0 Å². The fourth-order valence-electron chi connectivity index (χ4n) is 2.74. The summed E-state index contributed by atoms with van der Waals surface area (Å²) in [6.07, 6.45) is 6.80. The van der Waals surface area contributed by atoms with Crippen LogP contribution < -0.4 is 0 Å². The SMILES string of the molecule is Cc1nc(C)c(-c2csc(CC3CCCC3)n2)s1. The summed E-state index contributed by atoms with van der Waals surface area (Å²) in [5.74, 6) is 0.883. The van der Waals surface area contributed by atoms with E-state index in [2.05, 4.69) is 24.2 Å². The quantitative estimate of drug-likeness (QED) is 0.819. The second-order valence-electron chi connectivity index (χ2n) is 5.13. The van der Waals surface area contributed by atoms with Gasteiger partial charge in [-0.25, -0.2) is 9.97 Å². The van der Waals surface area contributed by atoms with Crippen molar-refractivity contribution in [3.05, 3.63) is 21.1 Å². The third kappa shape index (κ3) is 2.50. The van der Waals surface area contributed by atoms with Crippen molar-refractivity contribution in [1.82, 2.24) is 9.97 Å². The van der Waals surface area contributed by atoms with Crippen molar-refractivity contribution in [2.75, 3.05) is 0 Å². The number of rotatable bonds is 3.